The van der Waals surface area contributed by atoms with Crippen LogP contribution in [0, 0.1) is 5.92 Å². The lowest BCUT2D eigenvalue weighted by molar-refractivity contribution is -0.138. The Morgan fingerprint density at radius 1 is 1.59 bits per heavy atom. The van der Waals surface area contributed by atoms with Crippen molar-refractivity contribution < 1.29 is 14.4 Å². The second kappa shape index (κ2) is 5.02. The number of fused-ring (bicyclic) bond motifs is 2. The summed E-state index contributed by atoms with van der Waals surface area (Å²) in [5.41, 5.74) is 0. The zero-order valence-corrected chi connectivity index (χ0v) is 11.5. The highest BCUT2D eigenvalue weighted by Gasteiger charge is 2.47. The lowest BCUT2D eigenvalue weighted by atomic mass is 10.1. The van der Waals surface area contributed by atoms with Crippen molar-refractivity contribution in [1.29, 1.82) is 0 Å². The molecule has 2 bridgehead atoms. The van der Waals surface area contributed by atoms with Gasteiger partial charge in [-0.2, -0.15) is 0 Å². The quantitative estimate of drug-likeness (QED) is 0.772. The molecular weight excluding hydrogens is 258 g/mol. The molecule has 4 nitrogen and oxygen atoms in total. The lowest BCUT2D eigenvalue weighted by Crippen LogP contribution is -2.44. The summed E-state index contributed by atoms with van der Waals surface area (Å²) in [5.74, 6) is 0.324. The van der Waals surface area contributed by atoms with Crippen LogP contribution in [0.15, 0.2) is 0 Å². The summed E-state index contributed by atoms with van der Waals surface area (Å²) in [6.07, 6.45) is 0.807. The van der Waals surface area contributed by atoms with Gasteiger partial charge in [0.1, 0.15) is 6.04 Å². The van der Waals surface area contributed by atoms with Gasteiger partial charge in [0.25, 0.3) is 0 Å². The molecule has 0 saturated carbocycles. The minimum Gasteiger partial charge on any atom is -0.330 e. The predicted molar refractivity (Wildman–Crippen MR) is 68.8 cm³/mol. The first-order chi connectivity index (χ1) is 7.99. The summed E-state index contributed by atoms with van der Waals surface area (Å²) >= 11 is 2.55. The van der Waals surface area contributed by atoms with Crippen molar-refractivity contribution in [2.24, 2.45) is 5.92 Å². The van der Waals surface area contributed by atoms with Gasteiger partial charge in [-0.15, -0.1) is 0 Å². The van der Waals surface area contributed by atoms with Gasteiger partial charge in [0.2, 0.25) is 11.0 Å². The monoisotopic (exact) mass is 273 g/mol. The fourth-order valence-electron chi connectivity index (χ4n) is 2.19. The molecule has 2 saturated heterocycles. The topological polar surface area (TPSA) is 54.5 Å². The third-order valence-corrected chi connectivity index (χ3v) is 5.31. The average molecular weight is 273 g/mol. The van der Waals surface area contributed by atoms with Crippen molar-refractivity contribution >= 4 is 39.7 Å². The van der Waals surface area contributed by atoms with E-state index >= 15 is 0 Å². The van der Waals surface area contributed by atoms with Crippen LogP contribution in [0.1, 0.15) is 20.3 Å². The maximum Gasteiger partial charge on any atom is 0.226 e. The standard InChI is InChI=1S/C11H15NO3S2/c1-6(5-16-7(2)13)10(14)12-4-8-3-9(12)11(15)17-8/h6,8-9H,3-5H2,1-2H3/t6?,8-,9-/m1/s1. The molecule has 0 aromatic heterocycles. The molecule has 0 N–H and O–H groups in total. The van der Waals surface area contributed by atoms with E-state index < -0.39 is 0 Å². The molecule has 0 aromatic carbocycles. The first kappa shape index (κ1) is 13.0. The van der Waals surface area contributed by atoms with Crippen LogP contribution >= 0.6 is 23.5 Å². The Hall–Kier alpha value is -0.490. The van der Waals surface area contributed by atoms with Crippen LogP contribution in [-0.2, 0) is 14.4 Å². The molecule has 2 aliphatic rings. The van der Waals surface area contributed by atoms with Crippen LogP contribution in [0.2, 0.25) is 0 Å². The van der Waals surface area contributed by atoms with Gasteiger partial charge in [0.05, 0.1) is 0 Å². The largest absolute Gasteiger partial charge is 0.330 e. The molecule has 2 heterocycles. The highest BCUT2D eigenvalue weighted by Crippen LogP contribution is 2.39. The fraction of sp³-hybridized carbons (Fsp3) is 0.727. The summed E-state index contributed by atoms with van der Waals surface area (Å²) < 4.78 is 0. The lowest BCUT2D eigenvalue weighted by Gasteiger charge is -2.28. The third-order valence-electron chi connectivity index (χ3n) is 3.06. The fourth-order valence-corrected chi connectivity index (χ4v) is 4.04. The SMILES string of the molecule is CC(=O)SCC(C)C(=O)N1C[C@H]2C[C@@H]1C(=O)S2. The Bertz CT molecular complexity index is 372. The van der Waals surface area contributed by atoms with E-state index in [4.69, 9.17) is 0 Å². The first-order valence-corrected chi connectivity index (χ1v) is 7.50. The van der Waals surface area contributed by atoms with Crippen LogP contribution < -0.4 is 0 Å². The van der Waals surface area contributed by atoms with Crippen molar-refractivity contribution in [3.63, 3.8) is 0 Å². The van der Waals surface area contributed by atoms with Gasteiger partial charge in [0.15, 0.2) is 5.12 Å². The summed E-state index contributed by atoms with van der Waals surface area (Å²) in [7, 11) is 0. The second-order valence-corrected chi connectivity index (χ2v) is 7.01. The molecule has 17 heavy (non-hydrogen) atoms. The van der Waals surface area contributed by atoms with E-state index in [1.165, 1.54) is 30.4 Å². The molecule has 6 heteroatoms. The number of thioether (sulfide) groups is 2. The molecule has 0 radical (unpaired) electrons. The first-order valence-electron chi connectivity index (χ1n) is 5.63. The van der Waals surface area contributed by atoms with Crippen molar-refractivity contribution in [3.05, 3.63) is 0 Å². The molecule has 0 aromatic rings. The zero-order chi connectivity index (χ0) is 12.6. The van der Waals surface area contributed by atoms with Crippen LogP contribution in [0.5, 0.6) is 0 Å². The Balaban J connectivity index is 1.92. The van der Waals surface area contributed by atoms with E-state index in [0.29, 0.717) is 17.5 Å². The van der Waals surface area contributed by atoms with Gasteiger partial charge in [-0.05, 0) is 6.42 Å². The smallest absolute Gasteiger partial charge is 0.226 e. The number of carbonyl (C=O) groups excluding carboxylic acids is 3. The van der Waals surface area contributed by atoms with E-state index in [1.807, 2.05) is 6.92 Å². The van der Waals surface area contributed by atoms with Crippen molar-refractivity contribution in [2.75, 3.05) is 12.3 Å². The van der Waals surface area contributed by atoms with Gasteiger partial charge in [0, 0.05) is 30.4 Å². The van der Waals surface area contributed by atoms with E-state index in [2.05, 4.69) is 0 Å². The molecule has 1 amide bonds. The average Bonchev–Trinajstić information content (AvgIpc) is 2.83. The van der Waals surface area contributed by atoms with Crippen LogP contribution in [0.25, 0.3) is 0 Å². The van der Waals surface area contributed by atoms with Crippen LogP contribution in [0.3, 0.4) is 0 Å². The zero-order valence-electron chi connectivity index (χ0n) is 9.84. The summed E-state index contributed by atoms with van der Waals surface area (Å²) in [4.78, 5) is 36.2. The van der Waals surface area contributed by atoms with Gasteiger partial charge >= 0.3 is 0 Å². The van der Waals surface area contributed by atoms with Gasteiger partial charge in [-0.3, -0.25) is 14.4 Å². The third kappa shape index (κ3) is 2.68. The van der Waals surface area contributed by atoms with E-state index in [9.17, 15) is 14.4 Å². The van der Waals surface area contributed by atoms with E-state index in [-0.39, 0.29) is 28.1 Å². The van der Waals surface area contributed by atoms with Gasteiger partial charge < -0.3 is 4.90 Å². The van der Waals surface area contributed by atoms with Crippen molar-refractivity contribution in [1.82, 2.24) is 4.90 Å². The Morgan fingerprint density at radius 3 is 2.82 bits per heavy atom. The minimum absolute atomic E-state index is 0.0138. The van der Waals surface area contributed by atoms with Gasteiger partial charge in [-0.1, -0.05) is 30.4 Å². The predicted octanol–water partition coefficient (Wildman–Crippen LogP) is 1.15. The highest BCUT2D eigenvalue weighted by molar-refractivity contribution is 8.14. The Kier molecular flexibility index (Phi) is 3.82. The summed E-state index contributed by atoms with van der Waals surface area (Å²) in [6.45, 7) is 4.01. The molecule has 94 valence electrons. The molecule has 3 atom stereocenters. The number of carbonyl (C=O) groups is 3. The Morgan fingerprint density at radius 2 is 2.29 bits per heavy atom. The normalized spacial score (nSPS) is 28.6. The van der Waals surface area contributed by atoms with Gasteiger partial charge in [-0.25, -0.2) is 0 Å². The number of amides is 1. The molecular formula is C11H15NO3S2. The maximum atomic E-state index is 12.1. The number of likely N-dealkylation sites (tertiary alicyclic amines) is 1. The number of hydrogen-bond acceptors (Lipinski definition) is 5. The number of nitrogens with zero attached hydrogens (tertiary/aromatic N) is 1. The molecule has 2 rings (SSSR count). The van der Waals surface area contributed by atoms with Crippen molar-refractivity contribution in [3.8, 4) is 0 Å². The molecule has 2 aliphatic heterocycles. The van der Waals surface area contributed by atoms with Crippen molar-refractivity contribution in [2.45, 2.75) is 31.6 Å². The maximum absolute atomic E-state index is 12.1. The number of rotatable bonds is 3. The minimum atomic E-state index is -0.206. The molecule has 2 fully saturated rings. The van der Waals surface area contributed by atoms with Crippen LogP contribution in [0.4, 0.5) is 0 Å². The molecule has 1 unspecified atom stereocenters. The number of hydrogen-bond donors (Lipinski definition) is 0. The van der Waals surface area contributed by atoms with E-state index in [1.54, 1.807) is 4.90 Å². The highest BCUT2D eigenvalue weighted by atomic mass is 32.2. The van der Waals surface area contributed by atoms with Crippen LogP contribution in [-0.4, -0.2) is 44.6 Å². The molecule has 0 spiro atoms. The summed E-state index contributed by atoms with van der Waals surface area (Å²) in [6, 6.07) is -0.206. The Labute approximate surface area is 109 Å². The van der Waals surface area contributed by atoms with E-state index in [0.717, 1.165) is 6.42 Å². The molecule has 0 aliphatic carbocycles. The summed E-state index contributed by atoms with van der Waals surface area (Å²) in [5, 5.41) is 0.448. The second-order valence-electron chi connectivity index (χ2n) is 4.50.